The van der Waals surface area contributed by atoms with Gasteiger partial charge in [-0.2, -0.15) is 5.10 Å². The van der Waals surface area contributed by atoms with Crippen LogP contribution in [0.4, 0.5) is 0 Å². The maximum Gasteiger partial charge on any atom is 0.183 e. The lowest BCUT2D eigenvalue weighted by atomic mass is 9.98. The topological polar surface area (TPSA) is 64.2 Å². The monoisotopic (exact) mass is 316 g/mol. The fourth-order valence-corrected chi connectivity index (χ4v) is 2.12. The van der Waals surface area contributed by atoms with E-state index in [0.717, 1.165) is 11.0 Å². The van der Waals surface area contributed by atoms with Gasteiger partial charge in [0.2, 0.25) is 0 Å². The third-order valence-corrected chi connectivity index (χ3v) is 3.01. The molecule has 5 nitrogen and oxygen atoms in total. The molecule has 1 rings (SSSR count). The van der Waals surface area contributed by atoms with E-state index in [9.17, 15) is 4.79 Å². The normalized spacial score (nSPS) is 12.2. The number of likely N-dealkylation sites (N-methyl/N-ethyl adjacent to an activating group) is 1. The van der Waals surface area contributed by atoms with Crippen LogP contribution in [0, 0.1) is 0 Å². The third kappa shape index (κ3) is 4.51. The van der Waals surface area contributed by atoms with Gasteiger partial charge in [0.15, 0.2) is 5.78 Å². The first-order chi connectivity index (χ1) is 8.20. The number of nitrogens with two attached hydrogens (primary N) is 1. The molecule has 18 heavy (non-hydrogen) atoms. The largest absolute Gasteiger partial charge is 0.325 e. The number of carbonyl (C=O) groups is 1. The molecule has 0 radical (unpaired) electrons. The van der Waals surface area contributed by atoms with Crippen LogP contribution >= 0.6 is 15.9 Å². The average Bonchev–Trinajstić information content (AvgIpc) is 2.53. The first kappa shape index (κ1) is 15.3. The summed E-state index contributed by atoms with van der Waals surface area (Å²) in [6.45, 7) is 5.21. The van der Waals surface area contributed by atoms with Gasteiger partial charge in [0, 0.05) is 18.5 Å². The molecule has 0 unspecified atom stereocenters. The minimum Gasteiger partial charge on any atom is -0.325 e. The van der Waals surface area contributed by atoms with Gasteiger partial charge < -0.3 is 10.6 Å². The molecule has 0 saturated heterocycles. The maximum absolute atomic E-state index is 12.2. The second-order valence-corrected chi connectivity index (χ2v) is 6.31. The number of nitrogens with zero attached hydrogens (tertiary/aromatic N) is 3. The van der Waals surface area contributed by atoms with Crippen molar-refractivity contribution in [2.45, 2.75) is 32.4 Å². The summed E-state index contributed by atoms with van der Waals surface area (Å²) in [7, 11) is 3.98. The van der Waals surface area contributed by atoms with Crippen LogP contribution in [0.25, 0.3) is 0 Å². The maximum atomic E-state index is 12.2. The number of aromatic nitrogens is 2. The van der Waals surface area contributed by atoms with E-state index in [0.29, 0.717) is 18.7 Å². The SMILES string of the molecule is CN(C)CCn1ncc(Br)c1C(=O)CC(C)(C)N. The second kappa shape index (κ2) is 5.95. The van der Waals surface area contributed by atoms with E-state index in [4.69, 9.17) is 5.73 Å². The van der Waals surface area contributed by atoms with Crippen molar-refractivity contribution in [2.75, 3.05) is 20.6 Å². The van der Waals surface area contributed by atoms with E-state index in [1.54, 1.807) is 10.9 Å². The van der Waals surface area contributed by atoms with Crippen LogP contribution in [0.2, 0.25) is 0 Å². The molecular formula is C12H21BrN4O. The molecule has 1 aromatic rings. The van der Waals surface area contributed by atoms with Crippen molar-refractivity contribution < 1.29 is 4.79 Å². The third-order valence-electron chi connectivity index (χ3n) is 2.43. The van der Waals surface area contributed by atoms with Crippen molar-refractivity contribution in [2.24, 2.45) is 5.73 Å². The summed E-state index contributed by atoms with van der Waals surface area (Å²) in [5.41, 5.74) is 5.99. The van der Waals surface area contributed by atoms with Gasteiger partial charge in [-0.25, -0.2) is 0 Å². The molecule has 0 spiro atoms. The first-order valence-electron chi connectivity index (χ1n) is 5.89. The van der Waals surface area contributed by atoms with Gasteiger partial charge in [-0.15, -0.1) is 0 Å². The zero-order valence-corrected chi connectivity index (χ0v) is 13.0. The van der Waals surface area contributed by atoms with Gasteiger partial charge in [0.1, 0.15) is 5.69 Å². The van der Waals surface area contributed by atoms with Crippen molar-refractivity contribution in [3.05, 3.63) is 16.4 Å². The Balaban J connectivity index is 2.87. The number of ketones is 1. The van der Waals surface area contributed by atoms with Crippen LogP contribution in [0.5, 0.6) is 0 Å². The fourth-order valence-electron chi connectivity index (χ4n) is 1.60. The van der Waals surface area contributed by atoms with Crippen molar-refractivity contribution >= 4 is 21.7 Å². The van der Waals surface area contributed by atoms with Crippen LogP contribution in [-0.2, 0) is 6.54 Å². The van der Waals surface area contributed by atoms with Gasteiger partial charge in [-0.1, -0.05) is 0 Å². The van der Waals surface area contributed by atoms with Crippen molar-refractivity contribution in [1.29, 1.82) is 0 Å². The number of Topliss-reactive ketones (excluding diaryl/α,β-unsaturated/α-hetero) is 1. The van der Waals surface area contributed by atoms with E-state index < -0.39 is 5.54 Å². The number of carbonyl (C=O) groups excluding carboxylic acids is 1. The Labute approximate surface area is 116 Å². The minimum atomic E-state index is -0.507. The summed E-state index contributed by atoms with van der Waals surface area (Å²) in [5, 5.41) is 4.22. The highest BCUT2D eigenvalue weighted by atomic mass is 79.9. The van der Waals surface area contributed by atoms with Crippen molar-refractivity contribution in [3.63, 3.8) is 0 Å². The Morgan fingerprint density at radius 2 is 2.17 bits per heavy atom. The molecule has 6 heteroatoms. The van der Waals surface area contributed by atoms with E-state index in [-0.39, 0.29) is 5.78 Å². The quantitative estimate of drug-likeness (QED) is 0.808. The highest BCUT2D eigenvalue weighted by Crippen LogP contribution is 2.20. The number of rotatable bonds is 6. The molecule has 0 amide bonds. The standard InChI is InChI=1S/C12H21BrN4O/c1-12(2,14)7-10(18)11-9(13)8-15-17(11)6-5-16(3)4/h8H,5-7,14H2,1-4H3. The molecule has 0 bridgehead atoms. The highest BCUT2D eigenvalue weighted by molar-refractivity contribution is 9.10. The van der Waals surface area contributed by atoms with Crippen LogP contribution in [0.3, 0.4) is 0 Å². The zero-order chi connectivity index (χ0) is 13.9. The molecule has 1 heterocycles. The van der Waals surface area contributed by atoms with Crippen molar-refractivity contribution in [1.82, 2.24) is 14.7 Å². The van der Waals surface area contributed by atoms with Gasteiger partial charge in [-0.05, 0) is 43.9 Å². The van der Waals surface area contributed by atoms with E-state index in [1.807, 2.05) is 27.9 Å². The summed E-state index contributed by atoms with van der Waals surface area (Å²) >= 11 is 3.37. The molecule has 1 aromatic heterocycles. The summed E-state index contributed by atoms with van der Waals surface area (Å²) in [5.74, 6) is 0.0191. The summed E-state index contributed by atoms with van der Waals surface area (Å²) in [6, 6.07) is 0. The second-order valence-electron chi connectivity index (χ2n) is 5.46. The van der Waals surface area contributed by atoms with E-state index >= 15 is 0 Å². The van der Waals surface area contributed by atoms with Gasteiger partial charge >= 0.3 is 0 Å². The van der Waals surface area contributed by atoms with Gasteiger partial charge in [0.25, 0.3) is 0 Å². The Morgan fingerprint density at radius 1 is 1.56 bits per heavy atom. The summed E-state index contributed by atoms with van der Waals surface area (Å²) in [4.78, 5) is 14.3. The Hall–Kier alpha value is -0.720. The molecular weight excluding hydrogens is 296 g/mol. The lowest BCUT2D eigenvalue weighted by molar-refractivity contribution is 0.0948. The van der Waals surface area contributed by atoms with E-state index in [1.165, 1.54) is 0 Å². The van der Waals surface area contributed by atoms with Crippen molar-refractivity contribution in [3.8, 4) is 0 Å². The Morgan fingerprint density at radius 3 is 2.67 bits per heavy atom. The minimum absolute atomic E-state index is 0.0191. The molecule has 102 valence electrons. The highest BCUT2D eigenvalue weighted by Gasteiger charge is 2.23. The van der Waals surface area contributed by atoms with Crippen LogP contribution in [-0.4, -0.2) is 46.6 Å². The Kier molecular flexibility index (Phi) is 5.07. The molecule has 2 N–H and O–H groups in total. The number of halogens is 1. The summed E-state index contributed by atoms with van der Waals surface area (Å²) in [6.07, 6.45) is 1.96. The average molecular weight is 317 g/mol. The first-order valence-corrected chi connectivity index (χ1v) is 6.68. The van der Waals surface area contributed by atoms with Gasteiger partial charge in [0.05, 0.1) is 17.2 Å². The fraction of sp³-hybridized carbons (Fsp3) is 0.667. The number of hydrogen-bond donors (Lipinski definition) is 1. The predicted molar refractivity (Wildman–Crippen MR) is 75.7 cm³/mol. The molecule has 0 aliphatic rings. The number of hydrogen-bond acceptors (Lipinski definition) is 4. The smallest absolute Gasteiger partial charge is 0.183 e. The molecule has 0 aromatic carbocycles. The molecule has 0 saturated carbocycles. The molecule has 0 atom stereocenters. The van der Waals surface area contributed by atoms with Gasteiger partial charge in [-0.3, -0.25) is 9.48 Å². The van der Waals surface area contributed by atoms with Crippen LogP contribution in [0.1, 0.15) is 30.8 Å². The molecule has 0 aliphatic heterocycles. The predicted octanol–water partition coefficient (Wildman–Crippen LogP) is 1.52. The van der Waals surface area contributed by atoms with Crippen LogP contribution < -0.4 is 5.73 Å². The lowest BCUT2D eigenvalue weighted by Crippen LogP contribution is -2.35. The zero-order valence-electron chi connectivity index (χ0n) is 11.4. The Bertz CT molecular complexity index is 420. The van der Waals surface area contributed by atoms with Crippen LogP contribution in [0.15, 0.2) is 10.7 Å². The molecule has 0 fully saturated rings. The lowest BCUT2D eigenvalue weighted by Gasteiger charge is -2.18. The van der Waals surface area contributed by atoms with E-state index in [2.05, 4.69) is 25.9 Å². The summed E-state index contributed by atoms with van der Waals surface area (Å²) < 4.78 is 2.47. The molecule has 0 aliphatic carbocycles.